The van der Waals surface area contributed by atoms with Crippen LogP contribution in [-0.4, -0.2) is 54.3 Å². The third-order valence-corrected chi connectivity index (χ3v) is 4.21. The average molecular weight is 319 g/mol. The van der Waals surface area contributed by atoms with Gasteiger partial charge in [-0.1, -0.05) is 0 Å². The number of aliphatic hydroxyl groups excluding tert-OH is 1. The van der Waals surface area contributed by atoms with Gasteiger partial charge in [-0.15, -0.1) is 0 Å². The van der Waals surface area contributed by atoms with E-state index in [1.54, 1.807) is 0 Å². The lowest BCUT2D eigenvalue weighted by Gasteiger charge is -2.17. The molecule has 1 aromatic heterocycles. The minimum atomic E-state index is -3.71. The second-order valence-electron chi connectivity index (χ2n) is 4.41. The first-order chi connectivity index (χ1) is 9.60. The maximum atomic E-state index is 12.0. The van der Waals surface area contributed by atoms with Crippen LogP contribution in [0.4, 0.5) is 0 Å². The quantitative estimate of drug-likeness (QED) is 0.503. The monoisotopic (exact) mass is 319 g/mol. The Morgan fingerprint density at radius 2 is 1.95 bits per heavy atom. The maximum Gasteiger partial charge on any atom is 0.328 e. The molecule has 0 bridgehead atoms. The number of nitrogens with zero attached hydrogens (tertiary/aromatic N) is 1. The Bertz CT molecular complexity index is 649. The fourth-order valence-electron chi connectivity index (χ4n) is 1.63. The Hall–Kier alpha value is -1.91. The third-order valence-electron chi connectivity index (χ3n) is 2.83. The molecule has 9 nitrogen and oxygen atoms in total. The molecular formula is C11H17N3O6S. The van der Waals surface area contributed by atoms with E-state index in [0.29, 0.717) is 0 Å². The molecule has 0 saturated heterocycles. The highest BCUT2D eigenvalue weighted by molar-refractivity contribution is 7.89. The number of sulfonamides is 1. The van der Waals surface area contributed by atoms with Crippen molar-refractivity contribution in [2.75, 3.05) is 7.05 Å². The number of nitrogens with one attached hydrogen (secondary N) is 2. The highest BCUT2D eigenvalue weighted by atomic mass is 32.2. The lowest BCUT2D eigenvalue weighted by atomic mass is 10.2. The first-order valence-corrected chi connectivity index (χ1v) is 7.40. The first-order valence-electron chi connectivity index (χ1n) is 5.91. The number of aryl methyl sites for hydroxylation is 1. The van der Waals surface area contributed by atoms with Gasteiger partial charge in [0.2, 0.25) is 10.0 Å². The van der Waals surface area contributed by atoms with Gasteiger partial charge in [-0.25, -0.2) is 17.9 Å². The van der Waals surface area contributed by atoms with Crippen molar-refractivity contribution in [3.8, 4) is 0 Å². The number of aromatic nitrogens is 1. The summed E-state index contributed by atoms with van der Waals surface area (Å²) in [6, 6.07) is -0.376. The molecule has 0 aromatic carbocycles. The van der Waals surface area contributed by atoms with Crippen LogP contribution in [0.5, 0.6) is 0 Å². The summed E-state index contributed by atoms with van der Waals surface area (Å²) in [6.45, 7) is 1.22. The summed E-state index contributed by atoms with van der Waals surface area (Å²) in [5, 5.41) is 20.3. The molecule has 0 fully saturated rings. The van der Waals surface area contributed by atoms with Crippen LogP contribution in [0.25, 0.3) is 0 Å². The largest absolute Gasteiger partial charge is 0.480 e. The number of hydrogen-bond acceptors (Lipinski definition) is 5. The number of rotatable bonds is 6. The lowest BCUT2D eigenvalue weighted by Crippen LogP contribution is -2.48. The number of carbonyl (C=O) groups is 2. The molecule has 1 aromatic rings. The van der Waals surface area contributed by atoms with Gasteiger partial charge in [-0.05, 0) is 20.0 Å². The molecule has 21 heavy (non-hydrogen) atoms. The molecule has 1 amide bonds. The van der Waals surface area contributed by atoms with E-state index < -0.39 is 34.0 Å². The van der Waals surface area contributed by atoms with E-state index in [2.05, 4.69) is 10.0 Å². The number of carbonyl (C=O) groups excluding carboxylic acids is 1. The van der Waals surface area contributed by atoms with E-state index in [0.717, 1.165) is 6.07 Å². The van der Waals surface area contributed by atoms with E-state index >= 15 is 0 Å². The Morgan fingerprint density at radius 1 is 1.38 bits per heavy atom. The second-order valence-corrected chi connectivity index (χ2v) is 6.30. The molecule has 0 aliphatic carbocycles. The summed E-state index contributed by atoms with van der Waals surface area (Å²) in [5.74, 6) is -2.20. The lowest BCUT2D eigenvalue weighted by molar-refractivity contribution is -0.141. The van der Waals surface area contributed by atoms with Crippen LogP contribution in [0.15, 0.2) is 17.2 Å². The molecule has 0 unspecified atom stereocenters. The molecule has 1 heterocycles. The van der Waals surface area contributed by atoms with Gasteiger partial charge in [0.05, 0.1) is 6.10 Å². The molecule has 2 atom stereocenters. The summed E-state index contributed by atoms with van der Waals surface area (Å²) in [6.07, 6.45) is -0.0777. The summed E-state index contributed by atoms with van der Waals surface area (Å²) in [5.41, 5.74) is -0.0456. The number of hydrogen-bond donors (Lipinski definition) is 4. The van der Waals surface area contributed by atoms with Gasteiger partial charge in [0, 0.05) is 13.2 Å². The number of carboxylic acids is 1. The molecule has 0 saturated carbocycles. The normalized spacial score (nSPS) is 14.5. The van der Waals surface area contributed by atoms with Crippen molar-refractivity contribution in [3.05, 3.63) is 18.0 Å². The van der Waals surface area contributed by atoms with E-state index in [9.17, 15) is 23.1 Å². The maximum absolute atomic E-state index is 12.0. The number of aliphatic carboxylic acids is 1. The zero-order chi connectivity index (χ0) is 16.4. The van der Waals surface area contributed by atoms with E-state index in [1.807, 2.05) is 0 Å². The van der Waals surface area contributed by atoms with Crippen LogP contribution in [0.2, 0.25) is 0 Å². The molecule has 0 radical (unpaired) electrons. The number of amides is 1. The van der Waals surface area contributed by atoms with Gasteiger partial charge in [0.25, 0.3) is 5.91 Å². The summed E-state index contributed by atoms with van der Waals surface area (Å²) >= 11 is 0. The minimum Gasteiger partial charge on any atom is -0.480 e. The molecule has 118 valence electrons. The molecular weight excluding hydrogens is 302 g/mol. The topological polar surface area (TPSA) is 138 Å². The van der Waals surface area contributed by atoms with Crippen molar-refractivity contribution in [2.24, 2.45) is 7.05 Å². The van der Waals surface area contributed by atoms with Crippen LogP contribution in [0, 0.1) is 0 Å². The van der Waals surface area contributed by atoms with Gasteiger partial charge >= 0.3 is 5.97 Å². The van der Waals surface area contributed by atoms with Crippen molar-refractivity contribution in [3.63, 3.8) is 0 Å². The Kier molecular flexibility index (Phi) is 5.10. The van der Waals surface area contributed by atoms with Gasteiger partial charge in [-0.2, -0.15) is 0 Å². The van der Waals surface area contributed by atoms with Gasteiger partial charge in [-0.3, -0.25) is 4.79 Å². The van der Waals surface area contributed by atoms with Crippen molar-refractivity contribution in [2.45, 2.75) is 24.0 Å². The van der Waals surface area contributed by atoms with Crippen molar-refractivity contribution in [1.82, 2.24) is 14.6 Å². The van der Waals surface area contributed by atoms with Crippen LogP contribution in [0.3, 0.4) is 0 Å². The van der Waals surface area contributed by atoms with Gasteiger partial charge in [0.1, 0.15) is 10.6 Å². The first kappa shape index (κ1) is 17.1. The van der Waals surface area contributed by atoms with Crippen LogP contribution in [-0.2, 0) is 21.9 Å². The van der Waals surface area contributed by atoms with E-state index in [-0.39, 0.29) is 10.6 Å². The zero-order valence-corrected chi connectivity index (χ0v) is 12.5. The van der Waals surface area contributed by atoms with Crippen LogP contribution in [0.1, 0.15) is 17.4 Å². The fourth-order valence-corrected chi connectivity index (χ4v) is 2.43. The Morgan fingerprint density at radius 3 is 2.38 bits per heavy atom. The fraction of sp³-hybridized carbons (Fsp3) is 0.455. The van der Waals surface area contributed by atoms with E-state index in [4.69, 9.17) is 5.11 Å². The molecule has 1 rings (SSSR count). The van der Waals surface area contributed by atoms with Crippen LogP contribution >= 0.6 is 0 Å². The van der Waals surface area contributed by atoms with Crippen LogP contribution < -0.4 is 10.0 Å². The summed E-state index contributed by atoms with van der Waals surface area (Å²) in [7, 11) is -1.03. The predicted octanol–water partition coefficient (Wildman–Crippen LogP) is -1.50. The number of carboxylic acid groups (broad SMARTS) is 1. The SMILES string of the molecule is CNS(=O)(=O)c1cc(C(=O)N[C@H](C(=O)O)[C@@H](C)O)n(C)c1. The highest BCUT2D eigenvalue weighted by Crippen LogP contribution is 2.13. The van der Waals surface area contributed by atoms with Crippen molar-refractivity contribution < 1.29 is 28.2 Å². The standard InChI is InChI=1S/C11H17N3O6S/c1-6(15)9(11(17)18)13-10(16)8-4-7(5-14(8)3)21(19,20)12-2/h4-6,9,12,15H,1-3H3,(H,13,16)(H,17,18)/t6-,9+/m1/s1. The van der Waals surface area contributed by atoms with Gasteiger partial charge in [0.15, 0.2) is 6.04 Å². The third kappa shape index (κ3) is 3.80. The van der Waals surface area contributed by atoms with Crippen molar-refractivity contribution in [1.29, 1.82) is 0 Å². The molecule has 0 aliphatic heterocycles. The minimum absolute atomic E-state index is 0.0456. The zero-order valence-electron chi connectivity index (χ0n) is 11.7. The predicted molar refractivity (Wildman–Crippen MR) is 72.2 cm³/mol. The summed E-state index contributed by atoms with van der Waals surface area (Å²) < 4.78 is 26.6. The molecule has 0 aliphatic rings. The summed E-state index contributed by atoms with van der Waals surface area (Å²) in [4.78, 5) is 22.8. The van der Waals surface area contributed by atoms with E-state index in [1.165, 1.54) is 31.8 Å². The van der Waals surface area contributed by atoms with Crippen molar-refractivity contribution >= 4 is 21.9 Å². The Balaban J connectivity index is 3.07. The molecule has 0 spiro atoms. The highest BCUT2D eigenvalue weighted by Gasteiger charge is 2.27. The average Bonchev–Trinajstić information content (AvgIpc) is 2.77. The smallest absolute Gasteiger partial charge is 0.328 e. The second kappa shape index (κ2) is 6.24. The number of aliphatic hydroxyl groups is 1. The molecule has 10 heteroatoms. The van der Waals surface area contributed by atoms with Gasteiger partial charge < -0.3 is 20.1 Å². The molecule has 4 N–H and O–H groups in total. The Labute approximate surface area is 121 Å².